The van der Waals surface area contributed by atoms with E-state index >= 15 is 0 Å². The molecule has 0 fully saturated rings. The first-order valence-electron chi connectivity index (χ1n) is 9.66. The van der Waals surface area contributed by atoms with E-state index in [9.17, 15) is 13.2 Å². The van der Waals surface area contributed by atoms with Gasteiger partial charge in [0.05, 0.1) is 18.5 Å². The van der Waals surface area contributed by atoms with Crippen LogP contribution in [0, 0.1) is 20.8 Å². The van der Waals surface area contributed by atoms with Crippen molar-refractivity contribution in [2.45, 2.75) is 40.2 Å². The number of aryl methyl sites for hydroxylation is 3. The Kier molecular flexibility index (Phi) is 7.67. The molecule has 1 N–H and O–H groups in total. The molecule has 0 bridgehead atoms. The zero-order chi connectivity index (χ0) is 21.6. The molecule has 29 heavy (non-hydrogen) atoms. The number of carbonyl (C=O) groups is 1. The van der Waals surface area contributed by atoms with Crippen molar-refractivity contribution >= 4 is 21.6 Å². The molecule has 158 valence electrons. The van der Waals surface area contributed by atoms with Gasteiger partial charge in [0.1, 0.15) is 18.4 Å². The van der Waals surface area contributed by atoms with Crippen LogP contribution in [-0.2, 0) is 14.8 Å². The van der Waals surface area contributed by atoms with Gasteiger partial charge in [-0.2, -0.15) is 0 Å². The Balaban J connectivity index is 2.04. The number of sulfonamides is 1. The monoisotopic (exact) mass is 418 g/mol. The third kappa shape index (κ3) is 6.49. The van der Waals surface area contributed by atoms with E-state index in [0.717, 1.165) is 28.7 Å². The zero-order valence-electron chi connectivity index (χ0n) is 17.7. The standard InChI is InChI=1S/C22H30N2O4S/c1-6-21(24(29(5,26)27)19-9-7-16(2)8-10-19)22(25)23-11-12-28-20-14-17(3)13-18(4)15-20/h7-10,13-15,21H,6,11-12H2,1-5H3,(H,23,25)/t21-/m0/s1. The Morgan fingerprint density at radius 1 is 1.03 bits per heavy atom. The van der Waals surface area contributed by atoms with Crippen molar-refractivity contribution in [3.05, 3.63) is 59.2 Å². The smallest absolute Gasteiger partial charge is 0.244 e. The summed E-state index contributed by atoms with van der Waals surface area (Å²) in [6, 6.07) is 12.2. The van der Waals surface area contributed by atoms with Crippen molar-refractivity contribution in [3.63, 3.8) is 0 Å². The SMILES string of the molecule is CC[C@@H](C(=O)NCCOc1cc(C)cc(C)c1)N(c1ccc(C)cc1)S(C)(=O)=O. The molecule has 0 radical (unpaired) electrons. The van der Waals surface area contributed by atoms with E-state index in [4.69, 9.17) is 4.74 Å². The van der Waals surface area contributed by atoms with Gasteiger partial charge < -0.3 is 10.1 Å². The first-order valence-corrected chi connectivity index (χ1v) is 11.5. The van der Waals surface area contributed by atoms with Gasteiger partial charge in [-0.05, 0) is 62.6 Å². The molecule has 2 aromatic rings. The van der Waals surface area contributed by atoms with E-state index < -0.39 is 16.1 Å². The first-order chi connectivity index (χ1) is 13.6. The number of amides is 1. The molecule has 1 amide bonds. The molecule has 1 atom stereocenters. The van der Waals surface area contributed by atoms with Crippen molar-refractivity contribution in [1.82, 2.24) is 5.32 Å². The minimum Gasteiger partial charge on any atom is -0.492 e. The maximum absolute atomic E-state index is 12.7. The number of benzene rings is 2. The van der Waals surface area contributed by atoms with Gasteiger partial charge in [-0.1, -0.05) is 30.7 Å². The first kappa shape index (κ1) is 22.7. The lowest BCUT2D eigenvalue weighted by molar-refractivity contribution is -0.122. The van der Waals surface area contributed by atoms with Crippen molar-refractivity contribution < 1.29 is 17.9 Å². The van der Waals surface area contributed by atoms with Crippen LogP contribution in [0.2, 0.25) is 0 Å². The number of hydrogen-bond donors (Lipinski definition) is 1. The molecule has 2 rings (SSSR count). The lowest BCUT2D eigenvalue weighted by Crippen LogP contribution is -2.50. The average molecular weight is 419 g/mol. The number of anilines is 1. The fourth-order valence-corrected chi connectivity index (χ4v) is 4.44. The average Bonchev–Trinajstić information content (AvgIpc) is 2.62. The molecule has 7 heteroatoms. The summed E-state index contributed by atoms with van der Waals surface area (Å²) >= 11 is 0. The van der Waals surface area contributed by atoms with Gasteiger partial charge in [0.15, 0.2) is 0 Å². The highest BCUT2D eigenvalue weighted by atomic mass is 32.2. The van der Waals surface area contributed by atoms with Crippen molar-refractivity contribution in [3.8, 4) is 5.75 Å². The number of carbonyl (C=O) groups excluding carboxylic acids is 1. The summed E-state index contributed by atoms with van der Waals surface area (Å²) in [7, 11) is -3.63. The van der Waals surface area contributed by atoms with E-state index in [-0.39, 0.29) is 12.5 Å². The van der Waals surface area contributed by atoms with Crippen LogP contribution in [-0.4, -0.2) is 39.8 Å². The third-order valence-electron chi connectivity index (χ3n) is 4.48. The largest absolute Gasteiger partial charge is 0.492 e. The Bertz CT molecular complexity index is 920. The third-order valence-corrected chi connectivity index (χ3v) is 5.66. The predicted octanol–water partition coefficient (Wildman–Crippen LogP) is 3.35. The normalized spacial score (nSPS) is 12.3. The van der Waals surface area contributed by atoms with Crippen molar-refractivity contribution in [2.24, 2.45) is 0 Å². The number of nitrogens with one attached hydrogen (secondary N) is 1. The topological polar surface area (TPSA) is 75.7 Å². The van der Waals surface area contributed by atoms with Crippen LogP contribution in [0.1, 0.15) is 30.0 Å². The molecule has 0 heterocycles. The van der Waals surface area contributed by atoms with Crippen LogP contribution in [0.3, 0.4) is 0 Å². The molecule has 6 nitrogen and oxygen atoms in total. The number of hydrogen-bond acceptors (Lipinski definition) is 4. The van der Waals surface area contributed by atoms with E-state index in [2.05, 4.69) is 11.4 Å². The second kappa shape index (κ2) is 9.78. The maximum atomic E-state index is 12.7. The lowest BCUT2D eigenvalue weighted by Gasteiger charge is -2.30. The fourth-order valence-electron chi connectivity index (χ4n) is 3.23. The quantitative estimate of drug-likeness (QED) is 0.634. The summed E-state index contributed by atoms with van der Waals surface area (Å²) in [5, 5.41) is 2.80. The summed E-state index contributed by atoms with van der Waals surface area (Å²) < 4.78 is 31.7. The molecule has 2 aromatic carbocycles. The summed E-state index contributed by atoms with van der Waals surface area (Å²) in [5.74, 6) is 0.406. The van der Waals surface area contributed by atoms with Gasteiger partial charge >= 0.3 is 0 Å². The maximum Gasteiger partial charge on any atom is 0.244 e. The molecule has 0 aliphatic carbocycles. The molecule has 0 spiro atoms. The Morgan fingerprint density at radius 2 is 1.62 bits per heavy atom. The van der Waals surface area contributed by atoms with E-state index in [0.29, 0.717) is 18.7 Å². The van der Waals surface area contributed by atoms with Crippen LogP contribution in [0.5, 0.6) is 5.75 Å². The van der Waals surface area contributed by atoms with Gasteiger partial charge in [0.2, 0.25) is 15.9 Å². The summed E-state index contributed by atoms with van der Waals surface area (Å²) in [4.78, 5) is 12.7. The highest BCUT2D eigenvalue weighted by molar-refractivity contribution is 7.92. The zero-order valence-corrected chi connectivity index (χ0v) is 18.5. The van der Waals surface area contributed by atoms with E-state index in [1.165, 1.54) is 4.31 Å². The second-order valence-electron chi connectivity index (χ2n) is 7.28. The van der Waals surface area contributed by atoms with Crippen LogP contribution >= 0.6 is 0 Å². The molecular formula is C22H30N2O4S. The van der Waals surface area contributed by atoms with E-state index in [1.807, 2.05) is 45.0 Å². The number of ether oxygens (including phenoxy) is 1. The molecule has 0 aliphatic heterocycles. The van der Waals surface area contributed by atoms with Gasteiger partial charge in [-0.3, -0.25) is 9.10 Å². The molecule has 0 unspecified atom stereocenters. The number of nitrogens with zero attached hydrogens (tertiary/aromatic N) is 1. The van der Waals surface area contributed by atoms with Gasteiger partial charge in [0, 0.05) is 0 Å². The summed E-state index contributed by atoms with van der Waals surface area (Å²) in [6.45, 7) is 8.30. The van der Waals surface area contributed by atoms with Gasteiger partial charge in [-0.15, -0.1) is 0 Å². The Labute approximate surface area is 173 Å². The van der Waals surface area contributed by atoms with Crippen LogP contribution in [0.25, 0.3) is 0 Å². The van der Waals surface area contributed by atoms with Gasteiger partial charge in [0.25, 0.3) is 0 Å². The summed E-state index contributed by atoms with van der Waals surface area (Å²) in [6.07, 6.45) is 1.47. The lowest BCUT2D eigenvalue weighted by atomic mass is 10.1. The Hall–Kier alpha value is -2.54. The minimum absolute atomic E-state index is 0.286. The minimum atomic E-state index is -3.63. The fraction of sp³-hybridized carbons (Fsp3) is 0.409. The van der Waals surface area contributed by atoms with Crippen LogP contribution in [0.4, 0.5) is 5.69 Å². The van der Waals surface area contributed by atoms with Crippen LogP contribution < -0.4 is 14.4 Å². The Morgan fingerprint density at radius 3 is 2.14 bits per heavy atom. The van der Waals surface area contributed by atoms with E-state index in [1.54, 1.807) is 19.1 Å². The number of rotatable bonds is 9. The molecule has 0 aromatic heterocycles. The predicted molar refractivity (Wildman–Crippen MR) is 117 cm³/mol. The van der Waals surface area contributed by atoms with Gasteiger partial charge in [-0.25, -0.2) is 8.42 Å². The summed E-state index contributed by atoms with van der Waals surface area (Å²) in [5.41, 5.74) is 3.71. The van der Waals surface area contributed by atoms with Crippen molar-refractivity contribution in [2.75, 3.05) is 23.7 Å². The highest BCUT2D eigenvalue weighted by Crippen LogP contribution is 2.23. The van der Waals surface area contributed by atoms with Crippen LogP contribution in [0.15, 0.2) is 42.5 Å². The molecule has 0 aliphatic rings. The second-order valence-corrected chi connectivity index (χ2v) is 9.14. The molecular weight excluding hydrogens is 388 g/mol. The van der Waals surface area contributed by atoms with Crippen molar-refractivity contribution in [1.29, 1.82) is 0 Å². The molecule has 0 saturated carbocycles. The highest BCUT2D eigenvalue weighted by Gasteiger charge is 2.31. The molecule has 0 saturated heterocycles.